The molecule has 0 unspecified atom stereocenters. The first-order chi connectivity index (χ1) is 19.5. The Morgan fingerprint density at radius 2 is 1.61 bits per heavy atom. The molecule has 216 valence electrons. The molecule has 0 fully saturated rings. The number of carbonyl (C=O) groups excluding carboxylic acids is 2. The van der Waals surface area contributed by atoms with E-state index in [1.165, 1.54) is 24.3 Å². The summed E-state index contributed by atoms with van der Waals surface area (Å²) in [5, 5.41) is 10.0. The van der Waals surface area contributed by atoms with E-state index >= 15 is 0 Å². The van der Waals surface area contributed by atoms with Crippen LogP contribution in [-0.2, 0) is 24.5 Å². The van der Waals surface area contributed by atoms with Gasteiger partial charge >= 0.3 is 16.1 Å². The predicted molar refractivity (Wildman–Crippen MR) is 158 cm³/mol. The van der Waals surface area contributed by atoms with Crippen molar-refractivity contribution in [3.63, 3.8) is 0 Å². The van der Waals surface area contributed by atoms with Crippen molar-refractivity contribution < 1.29 is 36.8 Å². The van der Waals surface area contributed by atoms with Gasteiger partial charge in [-0.05, 0) is 97.2 Å². The molecule has 1 heterocycles. The normalized spacial score (nSPS) is 17.9. The summed E-state index contributed by atoms with van der Waals surface area (Å²) in [6, 6.07) is 8.91. The molecule has 0 radical (unpaired) electrons. The summed E-state index contributed by atoms with van der Waals surface area (Å²) >= 11 is 7.87. The maximum atomic E-state index is 13.4. The van der Waals surface area contributed by atoms with Gasteiger partial charge in [-0.25, -0.2) is 0 Å². The second kappa shape index (κ2) is 11.8. The number of aliphatic carboxylic acids is 1. The minimum atomic E-state index is -4.24. The SMILES string of the molecule is CCOc1cc(C2C3=C(CCCC3=O)N(CC(=O)O)C3=C2C(=O)CCC3)cc(I)c1OS(=O)(=O)c1ccc(Cl)cc1. The first-order valence-corrected chi connectivity index (χ1v) is 16.1. The Hall–Kier alpha value is -2.90. The maximum Gasteiger partial charge on any atom is 0.339 e. The molecule has 0 spiro atoms. The second-order valence-corrected chi connectivity index (χ2v) is 13.1. The largest absolute Gasteiger partial charge is 0.490 e. The van der Waals surface area contributed by atoms with Crippen molar-refractivity contribution in [3.05, 3.63) is 73.1 Å². The van der Waals surface area contributed by atoms with Crippen LogP contribution in [0.5, 0.6) is 11.5 Å². The van der Waals surface area contributed by atoms with Crippen LogP contribution in [-0.4, -0.2) is 49.1 Å². The molecular weight excluding hydrogens is 685 g/mol. The van der Waals surface area contributed by atoms with Gasteiger partial charge in [0.15, 0.2) is 23.1 Å². The van der Waals surface area contributed by atoms with E-state index < -0.39 is 22.0 Å². The van der Waals surface area contributed by atoms with Gasteiger partial charge in [0.05, 0.1) is 10.2 Å². The summed E-state index contributed by atoms with van der Waals surface area (Å²) in [5.74, 6) is -1.89. The zero-order chi connectivity index (χ0) is 29.5. The van der Waals surface area contributed by atoms with E-state index in [2.05, 4.69) is 0 Å². The molecule has 2 aromatic rings. The van der Waals surface area contributed by atoms with Crippen LogP contribution in [0, 0.1) is 3.57 Å². The number of carboxylic acids is 1. The van der Waals surface area contributed by atoms with Gasteiger partial charge in [0.1, 0.15) is 11.4 Å². The lowest BCUT2D eigenvalue weighted by atomic mass is 9.71. The third-order valence-corrected chi connectivity index (χ3v) is 9.63. The topological polar surface area (TPSA) is 127 Å². The van der Waals surface area contributed by atoms with Crippen molar-refractivity contribution in [3.8, 4) is 11.5 Å². The average molecular weight is 712 g/mol. The van der Waals surface area contributed by atoms with Gasteiger partial charge < -0.3 is 18.9 Å². The maximum absolute atomic E-state index is 13.4. The number of carboxylic acid groups (broad SMARTS) is 1. The fourth-order valence-electron chi connectivity index (χ4n) is 5.73. The summed E-state index contributed by atoms with van der Waals surface area (Å²) in [5.41, 5.74) is 2.70. The molecular formula is C29H27ClINO8S. The fraction of sp³-hybridized carbons (Fsp3) is 0.345. The number of hydrogen-bond acceptors (Lipinski definition) is 8. The molecule has 0 atom stereocenters. The van der Waals surface area contributed by atoms with Crippen molar-refractivity contribution in [2.75, 3.05) is 13.2 Å². The molecule has 0 bridgehead atoms. The molecule has 41 heavy (non-hydrogen) atoms. The Kier molecular flexibility index (Phi) is 8.49. The minimum absolute atomic E-state index is 0.0113. The van der Waals surface area contributed by atoms with E-state index in [4.69, 9.17) is 20.5 Å². The number of allylic oxidation sites excluding steroid dienone is 4. The van der Waals surface area contributed by atoms with Gasteiger partial charge in [-0.15, -0.1) is 0 Å². The van der Waals surface area contributed by atoms with E-state index in [1.54, 1.807) is 24.0 Å². The molecule has 0 saturated carbocycles. The van der Waals surface area contributed by atoms with Crippen molar-refractivity contribution in [2.24, 2.45) is 0 Å². The van der Waals surface area contributed by atoms with Gasteiger partial charge in [0, 0.05) is 46.3 Å². The van der Waals surface area contributed by atoms with E-state index in [-0.39, 0.29) is 41.1 Å². The molecule has 2 aliphatic carbocycles. The second-order valence-electron chi connectivity index (χ2n) is 9.94. The predicted octanol–water partition coefficient (Wildman–Crippen LogP) is 5.61. The van der Waals surface area contributed by atoms with Gasteiger partial charge in [0.25, 0.3) is 0 Å². The van der Waals surface area contributed by atoms with Crippen LogP contribution in [0.3, 0.4) is 0 Å². The lowest BCUT2D eigenvalue weighted by molar-refractivity contribution is -0.138. The summed E-state index contributed by atoms with van der Waals surface area (Å²) in [4.78, 5) is 40.3. The molecule has 0 amide bonds. The van der Waals surface area contributed by atoms with Crippen molar-refractivity contribution >= 4 is 61.8 Å². The van der Waals surface area contributed by atoms with Crippen LogP contribution in [0.15, 0.2) is 63.8 Å². The first kappa shape index (κ1) is 29.6. The van der Waals surface area contributed by atoms with E-state index in [0.29, 0.717) is 75.2 Å². The van der Waals surface area contributed by atoms with Crippen LogP contribution in [0.1, 0.15) is 56.9 Å². The summed E-state index contributed by atoms with van der Waals surface area (Å²) in [6.07, 6.45) is 2.81. The number of rotatable bonds is 8. The standard InChI is InChI=1S/C29H27ClINO8S/c1-2-39-24-14-16(13-19(31)29(24)40-41(37,38)18-11-9-17(30)10-12-18)26-27-20(5-3-7-22(27)33)32(15-25(35)36)21-6-4-8-23(34)28(21)26/h9-14,26H,2-8,15H2,1H3,(H,35,36). The first-order valence-electron chi connectivity index (χ1n) is 13.2. The molecule has 0 saturated heterocycles. The number of ether oxygens (including phenoxy) is 1. The Morgan fingerprint density at radius 3 is 2.15 bits per heavy atom. The highest BCUT2D eigenvalue weighted by Gasteiger charge is 2.44. The lowest BCUT2D eigenvalue weighted by Crippen LogP contribution is -2.41. The average Bonchev–Trinajstić information content (AvgIpc) is 2.91. The van der Waals surface area contributed by atoms with Gasteiger partial charge in [0.2, 0.25) is 0 Å². The Labute approximate surface area is 256 Å². The number of hydrogen-bond donors (Lipinski definition) is 1. The van der Waals surface area contributed by atoms with Gasteiger partial charge in [-0.3, -0.25) is 14.4 Å². The third kappa shape index (κ3) is 5.76. The number of Topliss-reactive ketones (excluding diaryl/α,β-unsaturated/α-hetero) is 2. The Bertz CT molecular complexity index is 1570. The molecule has 0 aromatic heterocycles. The molecule has 1 N–H and O–H groups in total. The molecule has 2 aromatic carbocycles. The number of halogens is 2. The molecule has 1 aliphatic heterocycles. The van der Waals surface area contributed by atoms with Crippen molar-refractivity contribution in [1.82, 2.24) is 4.90 Å². The third-order valence-electron chi connectivity index (χ3n) is 7.34. The Balaban J connectivity index is 1.66. The van der Waals surface area contributed by atoms with E-state index in [0.717, 1.165) is 0 Å². The molecule has 9 nitrogen and oxygen atoms in total. The van der Waals surface area contributed by atoms with Crippen LogP contribution in [0.2, 0.25) is 5.02 Å². The van der Waals surface area contributed by atoms with Crippen LogP contribution < -0.4 is 8.92 Å². The van der Waals surface area contributed by atoms with E-state index in [9.17, 15) is 27.9 Å². The monoisotopic (exact) mass is 711 g/mol. The van der Waals surface area contributed by atoms with Gasteiger partial charge in [-0.2, -0.15) is 8.42 Å². The zero-order valence-electron chi connectivity index (χ0n) is 22.1. The van der Waals surface area contributed by atoms with Crippen LogP contribution in [0.4, 0.5) is 0 Å². The summed E-state index contributed by atoms with van der Waals surface area (Å²) in [6.45, 7) is 1.62. The number of benzene rings is 2. The Morgan fingerprint density at radius 1 is 1.02 bits per heavy atom. The van der Waals surface area contributed by atoms with Crippen LogP contribution in [0.25, 0.3) is 0 Å². The number of carbonyl (C=O) groups is 3. The fourth-order valence-corrected chi connectivity index (χ4v) is 7.70. The molecule has 12 heteroatoms. The summed E-state index contributed by atoms with van der Waals surface area (Å²) < 4.78 is 38.0. The zero-order valence-corrected chi connectivity index (χ0v) is 25.8. The molecule has 5 rings (SSSR count). The van der Waals surface area contributed by atoms with Crippen LogP contribution >= 0.6 is 34.2 Å². The quantitative estimate of drug-likeness (QED) is 0.275. The number of nitrogens with zero attached hydrogens (tertiary/aromatic N) is 1. The lowest BCUT2D eigenvalue weighted by Gasteiger charge is -2.43. The smallest absolute Gasteiger partial charge is 0.339 e. The number of ketones is 2. The van der Waals surface area contributed by atoms with E-state index in [1.807, 2.05) is 22.6 Å². The highest BCUT2D eigenvalue weighted by atomic mass is 127. The highest BCUT2D eigenvalue weighted by Crippen LogP contribution is 2.50. The molecule has 3 aliphatic rings. The summed E-state index contributed by atoms with van der Waals surface area (Å²) in [7, 11) is -4.24. The van der Waals surface area contributed by atoms with Gasteiger partial charge in [-0.1, -0.05) is 11.6 Å². The van der Waals surface area contributed by atoms with Crippen molar-refractivity contribution in [1.29, 1.82) is 0 Å². The van der Waals surface area contributed by atoms with Crippen molar-refractivity contribution in [2.45, 2.75) is 56.3 Å². The minimum Gasteiger partial charge on any atom is -0.490 e. The highest BCUT2D eigenvalue weighted by molar-refractivity contribution is 14.1.